The van der Waals surface area contributed by atoms with Crippen LogP contribution in [0, 0.1) is 12.8 Å². The maximum absolute atomic E-state index is 4.42. The van der Waals surface area contributed by atoms with E-state index in [1.165, 1.54) is 173 Å². The van der Waals surface area contributed by atoms with Crippen molar-refractivity contribution >= 4 is 0 Å². The third-order valence-electron chi connectivity index (χ3n) is 7.18. The van der Waals surface area contributed by atoms with Crippen LogP contribution in [0.25, 0.3) is 0 Å². The first-order chi connectivity index (χ1) is 15.3. The van der Waals surface area contributed by atoms with Crippen molar-refractivity contribution in [2.75, 3.05) is 0 Å². The van der Waals surface area contributed by atoms with Crippen LogP contribution in [0.2, 0.25) is 0 Å². The molecule has 0 heteroatoms. The Labute approximate surface area is 200 Å². The molecule has 0 rings (SSSR count). The smallest absolute Gasteiger partial charge is 0.0414 e. The lowest BCUT2D eigenvalue weighted by Gasteiger charge is -2.11. The molecule has 0 aromatic carbocycles. The van der Waals surface area contributed by atoms with Gasteiger partial charge in [0.15, 0.2) is 0 Å². The Hall–Kier alpha value is 0. The van der Waals surface area contributed by atoms with Crippen molar-refractivity contribution in [3.8, 4) is 0 Å². The second-order valence-corrected chi connectivity index (χ2v) is 10.6. The largest absolute Gasteiger partial charge is 0.0654 e. The van der Waals surface area contributed by atoms with Crippen LogP contribution in [0.1, 0.15) is 187 Å². The molecule has 0 aromatic rings. The molecule has 0 aliphatic heterocycles. The molecule has 1 atom stereocenters. The summed E-state index contributed by atoms with van der Waals surface area (Å²) in [7, 11) is 0. The molecular formula is C31H63. The molecule has 0 saturated carbocycles. The van der Waals surface area contributed by atoms with Gasteiger partial charge in [-0.25, -0.2) is 0 Å². The van der Waals surface area contributed by atoms with Gasteiger partial charge in [-0.1, -0.05) is 194 Å². The normalized spacial score (nSPS) is 12.5. The molecule has 0 spiro atoms. The highest BCUT2D eigenvalue weighted by molar-refractivity contribution is 4.62. The van der Waals surface area contributed by atoms with E-state index in [1.807, 2.05) is 0 Å². The molecule has 0 fully saturated rings. The standard InChI is InChI=1S/C31H63/c1-4-6-8-10-12-14-16-17-18-19-20-22-24-26-28-30-31(3)29-27-25-23-21-15-13-11-9-7-5-2/h31H,3-30H2,1-2H3. The summed E-state index contributed by atoms with van der Waals surface area (Å²) in [6.45, 7) is 9.02. The summed E-state index contributed by atoms with van der Waals surface area (Å²) in [5, 5.41) is 0. The minimum Gasteiger partial charge on any atom is -0.0654 e. The van der Waals surface area contributed by atoms with Crippen LogP contribution < -0.4 is 0 Å². The van der Waals surface area contributed by atoms with Crippen LogP contribution in [0.5, 0.6) is 0 Å². The van der Waals surface area contributed by atoms with E-state index in [0.29, 0.717) is 0 Å². The van der Waals surface area contributed by atoms with E-state index in [2.05, 4.69) is 20.8 Å². The third kappa shape index (κ3) is 28.0. The van der Waals surface area contributed by atoms with Gasteiger partial charge in [-0.05, 0) is 5.92 Å². The quantitative estimate of drug-likeness (QED) is 0.112. The molecule has 1 unspecified atom stereocenters. The Bertz CT molecular complexity index is 294. The minimum atomic E-state index is 0.719. The van der Waals surface area contributed by atoms with Crippen molar-refractivity contribution in [1.29, 1.82) is 0 Å². The van der Waals surface area contributed by atoms with Crippen molar-refractivity contribution in [3.63, 3.8) is 0 Å². The summed E-state index contributed by atoms with van der Waals surface area (Å²) in [5.74, 6) is 0.719. The first kappa shape index (κ1) is 31.0. The Balaban J connectivity index is 3.12. The van der Waals surface area contributed by atoms with Crippen LogP contribution in [-0.2, 0) is 0 Å². The van der Waals surface area contributed by atoms with Crippen molar-refractivity contribution in [1.82, 2.24) is 0 Å². The van der Waals surface area contributed by atoms with Crippen LogP contribution in [0.4, 0.5) is 0 Å². The summed E-state index contributed by atoms with van der Waals surface area (Å²) in [4.78, 5) is 0. The number of hydrogen-bond donors (Lipinski definition) is 0. The van der Waals surface area contributed by atoms with Gasteiger partial charge in [0, 0.05) is 0 Å². The highest BCUT2D eigenvalue weighted by atomic mass is 14.1. The molecule has 0 aliphatic carbocycles. The van der Waals surface area contributed by atoms with E-state index >= 15 is 0 Å². The van der Waals surface area contributed by atoms with Gasteiger partial charge in [0.2, 0.25) is 0 Å². The molecule has 0 saturated heterocycles. The van der Waals surface area contributed by atoms with Crippen molar-refractivity contribution in [3.05, 3.63) is 6.92 Å². The van der Waals surface area contributed by atoms with E-state index in [1.54, 1.807) is 0 Å². The van der Waals surface area contributed by atoms with Crippen molar-refractivity contribution in [2.45, 2.75) is 187 Å². The Morgan fingerprint density at radius 1 is 0.323 bits per heavy atom. The predicted molar refractivity (Wildman–Crippen MR) is 145 cm³/mol. The van der Waals surface area contributed by atoms with Gasteiger partial charge < -0.3 is 0 Å². The predicted octanol–water partition coefficient (Wildman–Crippen LogP) is 12.0. The Morgan fingerprint density at radius 3 is 0.742 bits per heavy atom. The topological polar surface area (TPSA) is 0 Å². The van der Waals surface area contributed by atoms with E-state index in [0.717, 1.165) is 5.92 Å². The molecule has 0 aliphatic rings. The van der Waals surface area contributed by atoms with Gasteiger partial charge in [0.1, 0.15) is 0 Å². The van der Waals surface area contributed by atoms with Crippen LogP contribution in [0.15, 0.2) is 0 Å². The molecule has 187 valence electrons. The average molecular weight is 436 g/mol. The van der Waals surface area contributed by atoms with E-state index in [-0.39, 0.29) is 0 Å². The highest BCUT2D eigenvalue weighted by Gasteiger charge is 2.02. The Morgan fingerprint density at radius 2 is 0.516 bits per heavy atom. The molecule has 0 N–H and O–H groups in total. The summed E-state index contributed by atoms with van der Waals surface area (Å²) in [6, 6.07) is 0. The van der Waals surface area contributed by atoms with Crippen molar-refractivity contribution < 1.29 is 0 Å². The monoisotopic (exact) mass is 435 g/mol. The van der Waals surface area contributed by atoms with Gasteiger partial charge >= 0.3 is 0 Å². The van der Waals surface area contributed by atoms with Gasteiger partial charge in [-0.2, -0.15) is 0 Å². The number of rotatable bonds is 27. The summed E-state index contributed by atoms with van der Waals surface area (Å²) in [6.07, 6.45) is 39.1. The van der Waals surface area contributed by atoms with Gasteiger partial charge in [-0.15, -0.1) is 0 Å². The molecule has 0 nitrogen and oxygen atoms in total. The fourth-order valence-electron chi connectivity index (χ4n) is 4.87. The zero-order valence-corrected chi connectivity index (χ0v) is 22.4. The van der Waals surface area contributed by atoms with Crippen LogP contribution in [0.3, 0.4) is 0 Å². The molecule has 0 aromatic heterocycles. The zero-order chi connectivity index (χ0) is 22.7. The van der Waals surface area contributed by atoms with E-state index < -0.39 is 0 Å². The maximum atomic E-state index is 4.42. The fraction of sp³-hybridized carbons (Fsp3) is 0.968. The molecule has 1 radical (unpaired) electrons. The zero-order valence-electron chi connectivity index (χ0n) is 22.4. The second kappa shape index (κ2) is 28.0. The third-order valence-corrected chi connectivity index (χ3v) is 7.18. The van der Waals surface area contributed by atoms with Crippen molar-refractivity contribution in [2.24, 2.45) is 5.92 Å². The maximum Gasteiger partial charge on any atom is -0.0414 e. The molecule has 0 bridgehead atoms. The van der Waals surface area contributed by atoms with E-state index in [9.17, 15) is 0 Å². The number of hydrogen-bond acceptors (Lipinski definition) is 0. The Kier molecular flexibility index (Phi) is 28.0. The van der Waals surface area contributed by atoms with Crippen LogP contribution in [-0.4, -0.2) is 0 Å². The fourth-order valence-corrected chi connectivity index (χ4v) is 4.87. The molecule has 0 heterocycles. The minimum absolute atomic E-state index is 0.719. The van der Waals surface area contributed by atoms with Gasteiger partial charge in [0.05, 0.1) is 0 Å². The summed E-state index contributed by atoms with van der Waals surface area (Å²) in [5.41, 5.74) is 0. The number of unbranched alkanes of at least 4 members (excludes halogenated alkanes) is 23. The lowest BCUT2D eigenvalue weighted by Crippen LogP contribution is -1.95. The molecule has 0 amide bonds. The van der Waals surface area contributed by atoms with Gasteiger partial charge in [0.25, 0.3) is 0 Å². The average Bonchev–Trinajstić information content (AvgIpc) is 2.77. The lowest BCUT2D eigenvalue weighted by atomic mass is 9.95. The van der Waals surface area contributed by atoms with Gasteiger partial charge in [-0.3, -0.25) is 0 Å². The van der Waals surface area contributed by atoms with Crippen LogP contribution >= 0.6 is 0 Å². The summed E-state index contributed by atoms with van der Waals surface area (Å²) >= 11 is 0. The summed E-state index contributed by atoms with van der Waals surface area (Å²) < 4.78 is 0. The van der Waals surface area contributed by atoms with E-state index in [4.69, 9.17) is 0 Å². The highest BCUT2D eigenvalue weighted by Crippen LogP contribution is 2.19. The SMILES string of the molecule is [CH2]C(CCCCCCCCCCCC)CCCCCCCCCCCCCCCCC. The first-order valence-corrected chi connectivity index (χ1v) is 15.1. The second-order valence-electron chi connectivity index (χ2n) is 10.6. The molecular weight excluding hydrogens is 372 g/mol. The first-order valence-electron chi connectivity index (χ1n) is 15.1. The lowest BCUT2D eigenvalue weighted by molar-refractivity contribution is 0.459. The molecule has 31 heavy (non-hydrogen) atoms.